The normalized spacial score (nSPS) is 10.2. The fraction of sp³-hybridized carbons (Fsp3) is 0.462. The van der Waals surface area contributed by atoms with Gasteiger partial charge >= 0.3 is 0 Å². The fourth-order valence-corrected chi connectivity index (χ4v) is 1.82. The number of hydrogen-bond donors (Lipinski definition) is 0. The maximum Gasteiger partial charge on any atom is 0.153 e. The van der Waals surface area contributed by atoms with Crippen LogP contribution in [0, 0.1) is 0 Å². The summed E-state index contributed by atoms with van der Waals surface area (Å²) in [7, 11) is 0. The lowest BCUT2D eigenvalue weighted by atomic mass is 10.2. The van der Waals surface area contributed by atoms with Crippen LogP contribution in [0.2, 0.25) is 0 Å². The minimum Gasteiger partial charge on any atom is -0.489 e. The zero-order valence-corrected chi connectivity index (χ0v) is 11.5. The minimum atomic E-state index is 0.452. The van der Waals surface area contributed by atoms with Crippen molar-refractivity contribution >= 4 is 22.2 Å². The van der Waals surface area contributed by atoms with Gasteiger partial charge in [-0.15, -0.1) is 0 Å². The Balaban J connectivity index is 2.38. The van der Waals surface area contributed by atoms with Crippen molar-refractivity contribution in [3.05, 3.63) is 28.2 Å². The Morgan fingerprint density at radius 1 is 1.29 bits per heavy atom. The minimum absolute atomic E-state index is 0.452. The lowest BCUT2D eigenvalue weighted by molar-refractivity contribution is 0.0966. The van der Waals surface area contributed by atoms with Crippen molar-refractivity contribution in [2.75, 3.05) is 19.8 Å². The average molecular weight is 301 g/mol. The van der Waals surface area contributed by atoms with Crippen molar-refractivity contribution in [2.45, 2.75) is 19.8 Å². The molecule has 94 valence electrons. The quantitative estimate of drug-likeness (QED) is 0.545. The van der Waals surface area contributed by atoms with E-state index < -0.39 is 0 Å². The average Bonchev–Trinajstić information content (AvgIpc) is 2.35. The third kappa shape index (κ3) is 4.88. The van der Waals surface area contributed by atoms with E-state index in [1.165, 1.54) is 0 Å². The highest BCUT2D eigenvalue weighted by Gasteiger charge is 2.06. The van der Waals surface area contributed by atoms with E-state index in [2.05, 4.69) is 22.9 Å². The van der Waals surface area contributed by atoms with Crippen molar-refractivity contribution in [2.24, 2.45) is 0 Å². The maximum absolute atomic E-state index is 10.8. The molecule has 0 saturated heterocycles. The van der Waals surface area contributed by atoms with Gasteiger partial charge in [-0.25, -0.2) is 0 Å². The molecule has 0 saturated carbocycles. The van der Waals surface area contributed by atoms with Gasteiger partial charge in [-0.3, -0.25) is 4.79 Å². The molecular formula is C13H17BrO3. The second kappa shape index (κ2) is 8.25. The molecule has 0 spiro atoms. The van der Waals surface area contributed by atoms with Crippen LogP contribution < -0.4 is 4.74 Å². The lowest BCUT2D eigenvalue weighted by Gasteiger charge is -2.10. The summed E-state index contributed by atoms with van der Waals surface area (Å²) < 4.78 is 11.7. The van der Waals surface area contributed by atoms with Gasteiger partial charge in [-0.05, 0) is 34.5 Å². The molecule has 17 heavy (non-hydrogen) atoms. The standard InChI is InChI=1S/C13H17BrO3/c1-2-3-7-16-8-9-17-13-11(10-15)5-4-6-12(13)14/h4-6,10H,2-3,7-9H2,1H3. The number of aldehydes is 1. The highest BCUT2D eigenvalue weighted by molar-refractivity contribution is 9.10. The molecule has 0 amide bonds. The van der Waals surface area contributed by atoms with Gasteiger partial charge in [-0.1, -0.05) is 19.4 Å². The third-order valence-electron chi connectivity index (χ3n) is 2.24. The molecule has 0 aliphatic carbocycles. The van der Waals surface area contributed by atoms with Gasteiger partial charge in [0.1, 0.15) is 12.4 Å². The van der Waals surface area contributed by atoms with Crippen LogP contribution >= 0.6 is 15.9 Å². The van der Waals surface area contributed by atoms with Crippen molar-refractivity contribution in [3.8, 4) is 5.75 Å². The second-order valence-corrected chi connectivity index (χ2v) is 4.44. The summed E-state index contributed by atoms with van der Waals surface area (Å²) in [5.74, 6) is 0.585. The first kappa shape index (κ1) is 14.2. The van der Waals surface area contributed by atoms with E-state index >= 15 is 0 Å². The SMILES string of the molecule is CCCCOCCOc1c(Br)cccc1C=O. The van der Waals surface area contributed by atoms with E-state index in [0.717, 1.165) is 30.2 Å². The third-order valence-corrected chi connectivity index (χ3v) is 2.87. The first-order valence-corrected chi connectivity index (χ1v) is 6.53. The number of rotatable bonds is 8. The van der Waals surface area contributed by atoms with Gasteiger partial charge in [-0.2, -0.15) is 0 Å². The van der Waals surface area contributed by atoms with Crippen LogP contribution in [0.3, 0.4) is 0 Å². The lowest BCUT2D eigenvalue weighted by Crippen LogP contribution is -2.08. The molecule has 0 atom stereocenters. The predicted molar refractivity (Wildman–Crippen MR) is 70.8 cm³/mol. The predicted octanol–water partition coefficient (Wildman–Crippen LogP) is 3.46. The van der Waals surface area contributed by atoms with Gasteiger partial charge in [0.15, 0.2) is 6.29 Å². The highest BCUT2D eigenvalue weighted by atomic mass is 79.9. The summed E-state index contributed by atoms with van der Waals surface area (Å²) in [4.78, 5) is 10.8. The Morgan fingerprint density at radius 2 is 2.12 bits per heavy atom. The number of halogens is 1. The summed E-state index contributed by atoms with van der Waals surface area (Å²) >= 11 is 3.36. The second-order valence-electron chi connectivity index (χ2n) is 3.59. The molecule has 0 aliphatic rings. The smallest absolute Gasteiger partial charge is 0.153 e. The van der Waals surface area contributed by atoms with Crippen molar-refractivity contribution in [1.82, 2.24) is 0 Å². The molecule has 3 nitrogen and oxygen atoms in total. The Bertz CT molecular complexity index is 353. The van der Waals surface area contributed by atoms with Crippen molar-refractivity contribution < 1.29 is 14.3 Å². The van der Waals surface area contributed by atoms with E-state index in [-0.39, 0.29) is 0 Å². The van der Waals surface area contributed by atoms with E-state index in [0.29, 0.717) is 24.5 Å². The van der Waals surface area contributed by atoms with Crippen LogP contribution in [0.4, 0.5) is 0 Å². The summed E-state index contributed by atoms with van der Waals surface area (Å²) in [6, 6.07) is 5.38. The van der Waals surface area contributed by atoms with Crippen LogP contribution in [0.1, 0.15) is 30.1 Å². The highest BCUT2D eigenvalue weighted by Crippen LogP contribution is 2.27. The van der Waals surface area contributed by atoms with Crippen LogP contribution in [0.15, 0.2) is 22.7 Å². The summed E-state index contributed by atoms with van der Waals surface area (Å²) in [5, 5.41) is 0. The molecule has 4 heteroatoms. The molecule has 0 N–H and O–H groups in total. The molecule has 0 unspecified atom stereocenters. The first-order valence-electron chi connectivity index (χ1n) is 5.73. The Hall–Kier alpha value is -0.870. The summed E-state index contributed by atoms with van der Waals surface area (Å²) in [6.07, 6.45) is 2.98. The van der Waals surface area contributed by atoms with E-state index in [4.69, 9.17) is 9.47 Å². The molecular weight excluding hydrogens is 284 g/mol. The van der Waals surface area contributed by atoms with E-state index in [1.807, 2.05) is 6.07 Å². The summed E-state index contributed by atoms with van der Waals surface area (Å²) in [6.45, 7) is 3.88. The van der Waals surface area contributed by atoms with Crippen LogP contribution in [0.5, 0.6) is 5.75 Å². The first-order chi connectivity index (χ1) is 8.29. The number of unbranched alkanes of at least 4 members (excludes halogenated alkanes) is 1. The van der Waals surface area contributed by atoms with E-state index in [9.17, 15) is 4.79 Å². The molecule has 0 bridgehead atoms. The molecule has 0 aliphatic heterocycles. The molecule has 0 aromatic heterocycles. The number of carbonyl (C=O) groups excluding carboxylic acids is 1. The number of para-hydroxylation sites is 1. The molecule has 0 radical (unpaired) electrons. The van der Waals surface area contributed by atoms with Gasteiger partial charge < -0.3 is 9.47 Å². The van der Waals surface area contributed by atoms with Crippen molar-refractivity contribution in [3.63, 3.8) is 0 Å². The maximum atomic E-state index is 10.8. The van der Waals surface area contributed by atoms with Crippen LogP contribution in [-0.4, -0.2) is 26.1 Å². The van der Waals surface area contributed by atoms with E-state index in [1.54, 1.807) is 12.1 Å². The Kier molecular flexibility index (Phi) is 6.89. The zero-order chi connectivity index (χ0) is 12.5. The topological polar surface area (TPSA) is 35.5 Å². The Morgan fingerprint density at radius 3 is 2.82 bits per heavy atom. The van der Waals surface area contributed by atoms with Gasteiger partial charge in [0.2, 0.25) is 0 Å². The monoisotopic (exact) mass is 300 g/mol. The molecule has 1 aromatic rings. The van der Waals surface area contributed by atoms with Gasteiger partial charge in [0.25, 0.3) is 0 Å². The number of ether oxygens (including phenoxy) is 2. The molecule has 0 fully saturated rings. The fourth-order valence-electron chi connectivity index (χ4n) is 1.32. The Labute approximate surface area is 110 Å². The zero-order valence-electron chi connectivity index (χ0n) is 9.95. The molecule has 1 rings (SSSR count). The van der Waals surface area contributed by atoms with Crippen LogP contribution in [-0.2, 0) is 4.74 Å². The van der Waals surface area contributed by atoms with Gasteiger partial charge in [0, 0.05) is 6.61 Å². The van der Waals surface area contributed by atoms with Crippen LogP contribution in [0.25, 0.3) is 0 Å². The molecule has 0 heterocycles. The number of benzene rings is 1. The number of hydrogen-bond acceptors (Lipinski definition) is 3. The summed E-state index contributed by atoms with van der Waals surface area (Å²) in [5.41, 5.74) is 0.549. The largest absolute Gasteiger partial charge is 0.489 e. The molecule has 1 aromatic carbocycles. The number of carbonyl (C=O) groups is 1. The van der Waals surface area contributed by atoms with Crippen molar-refractivity contribution in [1.29, 1.82) is 0 Å². The van der Waals surface area contributed by atoms with Gasteiger partial charge in [0.05, 0.1) is 16.6 Å².